The van der Waals surface area contributed by atoms with Gasteiger partial charge in [-0.2, -0.15) is 0 Å². The van der Waals surface area contributed by atoms with Crippen molar-refractivity contribution in [2.24, 2.45) is 0 Å². The number of hydrogen-bond acceptors (Lipinski definition) is 3. The van der Waals surface area contributed by atoms with Gasteiger partial charge in [0, 0.05) is 10.7 Å². The number of nitrogens with one attached hydrogen (secondary N) is 2. The van der Waals surface area contributed by atoms with Gasteiger partial charge in [-0.25, -0.2) is 0 Å². The molecule has 2 aromatic rings. The zero-order valence-electron chi connectivity index (χ0n) is 15.0. The van der Waals surface area contributed by atoms with E-state index < -0.39 is 11.5 Å². The highest BCUT2D eigenvalue weighted by atomic mass is 35.5. The van der Waals surface area contributed by atoms with Crippen LogP contribution >= 0.6 is 11.6 Å². The van der Waals surface area contributed by atoms with Gasteiger partial charge in [-0.05, 0) is 55.7 Å². The molecule has 5 nitrogen and oxygen atoms in total. The van der Waals surface area contributed by atoms with Gasteiger partial charge in [0.2, 0.25) is 5.91 Å². The molecule has 0 saturated heterocycles. The molecule has 2 aliphatic rings. The van der Waals surface area contributed by atoms with E-state index in [2.05, 4.69) is 10.6 Å². The van der Waals surface area contributed by atoms with Crippen LogP contribution in [0, 0.1) is 0 Å². The first-order chi connectivity index (χ1) is 13.0. The number of rotatable bonds is 3. The van der Waals surface area contributed by atoms with Crippen LogP contribution in [0.2, 0.25) is 5.02 Å². The summed E-state index contributed by atoms with van der Waals surface area (Å²) in [5.74, 6) is 0.381. The van der Waals surface area contributed by atoms with Gasteiger partial charge < -0.3 is 15.4 Å². The van der Waals surface area contributed by atoms with Crippen molar-refractivity contribution < 1.29 is 14.3 Å². The number of carbonyl (C=O) groups is 2. The second-order valence-corrected chi connectivity index (χ2v) is 7.65. The van der Waals surface area contributed by atoms with Crippen molar-refractivity contribution in [2.75, 3.05) is 10.6 Å². The van der Waals surface area contributed by atoms with Gasteiger partial charge in [-0.3, -0.25) is 9.59 Å². The van der Waals surface area contributed by atoms with Crippen LogP contribution in [0.5, 0.6) is 5.75 Å². The van der Waals surface area contributed by atoms with Gasteiger partial charge in [0.05, 0.1) is 11.1 Å². The molecule has 1 atom stereocenters. The molecule has 2 amide bonds. The lowest BCUT2D eigenvalue weighted by Crippen LogP contribution is -2.38. The maximum Gasteiger partial charge on any atom is 0.265 e. The first kappa shape index (κ1) is 17.9. The summed E-state index contributed by atoms with van der Waals surface area (Å²) in [5, 5.41) is 6.50. The Labute approximate surface area is 163 Å². The highest BCUT2D eigenvalue weighted by molar-refractivity contribution is 6.30. The van der Waals surface area contributed by atoms with E-state index in [9.17, 15) is 9.59 Å². The third-order valence-electron chi connectivity index (χ3n) is 5.46. The van der Waals surface area contributed by atoms with Crippen LogP contribution < -0.4 is 15.4 Å². The summed E-state index contributed by atoms with van der Waals surface area (Å²) in [6.07, 6.45) is 3.12. The molecule has 27 heavy (non-hydrogen) atoms. The fourth-order valence-electron chi connectivity index (χ4n) is 3.93. The summed E-state index contributed by atoms with van der Waals surface area (Å²) in [7, 11) is 0. The number of ether oxygens (including phenoxy) is 1. The summed E-state index contributed by atoms with van der Waals surface area (Å²) in [4.78, 5) is 25.1. The maximum absolute atomic E-state index is 13.2. The minimum absolute atomic E-state index is 0.0290. The molecule has 140 valence electrons. The van der Waals surface area contributed by atoms with Crippen molar-refractivity contribution in [3.05, 3.63) is 53.1 Å². The first-order valence-electron chi connectivity index (χ1n) is 9.17. The van der Waals surface area contributed by atoms with Crippen molar-refractivity contribution in [2.45, 2.75) is 44.1 Å². The zero-order valence-corrected chi connectivity index (χ0v) is 15.8. The Bertz CT molecular complexity index is 889. The molecule has 6 heteroatoms. The topological polar surface area (TPSA) is 67.4 Å². The third-order valence-corrected chi connectivity index (χ3v) is 5.71. The van der Waals surface area contributed by atoms with E-state index in [1.54, 1.807) is 25.1 Å². The van der Waals surface area contributed by atoms with Crippen molar-refractivity contribution in [1.82, 2.24) is 0 Å². The molecular weight excluding hydrogens is 364 g/mol. The summed E-state index contributed by atoms with van der Waals surface area (Å²) < 4.78 is 5.57. The molecule has 1 unspecified atom stereocenters. The van der Waals surface area contributed by atoms with E-state index in [1.165, 1.54) is 0 Å². The summed E-state index contributed by atoms with van der Waals surface area (Å²) in [6.45, 7) is 1.70. The molecule has 1 fully saturated rings. The third kappa shape index (κ3) is 3.28. The van der Waals surface area contributed by atoms with E-state index >= 15 is 0 Å². The lowest BCUT2D eigenvalue weighted by Gasteiger charge is -2.29. The molecule has 2 N–H and O–H groups in total. The largest absolute Gasteiger partial charge is 0.479 e. The van der Waals surface area contributed by atoms with E-state index in [1.807, 2.05) is 24.3 Å². The van der Waals surface area contributed by atoms with Gasteiger partial charge in [-0.15, -0.1) is 0 Å². The lowest BCUT2D eigenvalue weighted by molar-refractivity contribution is -0.123. The van der Waals surface area contributed by atoms with E-state index in [4.69, 9.17) is 16.3 Å². The molecule has 0 radical (unpaired) electrons. The van der Waals surface area contributed by atoms with Crippen LogP contribution in [0.15, 0.2) is 42.5 Å². The Morgan fingerprint density at radius 1 is 1.19 bits per heavy atom. The quantitative estimate of drug-likeness (QED) is 0.818. The second kappa shape index (κ2) is 6.89. The molecule has 1 heterocycles. The molecule has 0 aromatic heterocycles. The predicted octanol–water partition coefficient (Wildman–Crippen LogP) is 4.51. The van der Waals surface area contributed by atoms with E-state index in [0.717, 1.165) is 31.2 Å². The lowest BCUT2D eigenvalue weighted by atomic mass is 9.78. The van der Waals surface area contributed by atoms with Crippen LogP contribution in [-0.4, -0.2) is 17.9 Å². The molecule has 1 aliphatic carbocycles. The molecule has 0 bridgehead atoms. The minimum atomic E-state index is -0.547. The first-order valence-corrected chi connectivity index (χ1v) is 9.55. The van der Waals surface area contributed by atoms with E-state index in [-0.39, 0.29) is 11.8 Å². The molecule has 2 aromatic carbocycles. The highest BCUT2D eigenvalue weighted by Gasteiger charge is 2.42. The number of hydrogen-bond donors (Lipinski definition) is 2. The number of fused-ring (bicyclic) bond motifs is 1. The van der Waals surface area contributed by atoms with Crippen molar-refractivity contribution in [3.63, 3.8) is 0 Å². The van der Waals surface area contributed by atoms with Crippen molar-refractivity contribution in [3.8, 4) is 5.75 Å². The van der Waals surface area contributed by atoms with Crippen LogP contribution in [0.3, 0.4) is 0 Å². The Balaban J connectivity index is 1.60. The average molecular weight is 385 g/mol. The Kier molecular flexibility index (Phi) is 4.56. The second-order valence-electron chi connectivity index (χ2n) is 7.21. The molecule has 0 spiro atoms. The Morgan fingerprint density at radius 2 is 1.89 bits per heavy atom. The van der Waals surface area contributed by atoms with Gasteiger partial charge in [0.25, 0.3) is 5.91 Å². The van der Waals surface area contributed by atoms with Crippen LogP contribution in [0.1, 0.15) is 38.2 Å². The van der Waals surface area contributed by atoms with Crippen LogP contribution in [0.25, 0.3) is 0 Å². The van der Waals surface area contributed by atoms with E-state index in [0.29, 0.717) is 22.1 Å². The van der Waals surface area contributed by atoms with Gasteiger partial charge >= 0.3 is 0 Å². The van der Waals surface area contributed by atoms with Gasteiger partial charge in [0.1, 0.15) is 5.75 Å². The number of benzene rings is 2. The molecule has 1 aliphatic heterocycles. The number of amides is 2. The molecule has 1 saturated carbocycles. The molecular formula is C21H21ClN2O3. The smallest absolute Gasteiger partial charge is 0.265 e. The summed E-state index contributed by atoms with van der Waals surface area (Å²) in [5.41, 5.74) is 1.65. The monoisotopic (exact) mass is 384 g/mol. The average Bonchev–Trinajstić information content (AvgIpc) is 3.15. The zero-order chi connectivity index (χ0) is 19.0. The fraction of sp³-hybridized carbons (Fsp3) is 0.333. The Morgan fingerprint density at radius 3 is 2.59 bits per heavy atom. The minimum Gasteiger partial charge on any atom is -0.479 e. The summed E-state index contributed by atoms with van der Waals surface area (Å²) in [6, 6.07) is 12.8. The number of halogens is 1. The van der Waals surface area contributed by atoms with Crippen molar-refractivity contribution >= 4 is 34.8 Å². The standard InChI is InChI=1S/C21H21ClN2O3/c1-13-19(25)24-17-12-16(8-9-18(17)27-13)23-20(26)21(10-2-3-11-21)14-4-6-15(22)7-5-14/h4-9,12-13H,2-3,10-11H2,1H3,(H,23,26)(H,24,25). The Hall–Kier alpha value is -2.53. The van der Waals surface area contributed by atoms with Crippen molar-refractivity contribution in [1.29, 1.82) is 0 Å². The molecule has 4 rings (SSSR count). The normalized spacial score (nSPS) is 20.4. The predicted molar refractivity (Wildman–Crippen MR) is 105 cm³/mol. The SMILES string of the molecule is CC1Oc2ccc(NC(=O)C3(c4ccc(Cl)cc4)CCCC3)cc2NC1=O. The van der Waals surface area contributed by atoms with Crippen LogP contribution in [-0.2, 0) is 15.0 Å². The maximum atomic E-state index is 13.2. The van der Waals surface area contributed by atoms with Crippen LogP contribution in [0.4, 0.5) is 11.4 Å². The number of carbonyl (C=O) groups excluding carboxylic acids is 2. The van der Waals surface area contributed by atoms with Gasteiger partial charge in [0.15, 0.2) is 6.10 Å². The van der Waals surface area contributed by atoms with Gasteiger partial charge in [-0.1, -0.05) is 36.6 Å². The fourth-order valence-corrected chi connectivity index (χ4v) is 4.06. The number of anilines is 2. The summed E-state index contributed by atoms with van der Waals surface area (Å²) >= 11 is 6.02. The highest BCUT2D eigenvalue weighted by Crippen LogP contribution is 2.43.